The Balaban J connectivity index is 1.47. The standard InChI is InChI=1S/C29H31N5O4S/c1-18-17-38-14-13-33(18)27-23-16-34(28(35)19-9-11-20(12-10-19)39(4,36)37)29(2,3)25(23)31-26(32-27)22-15-30-24-8-6-5-7-21(22)24/h5-12,15,18,30H,13-14,16-17H2,1-4H3/t18-/m1/s1. The summed E-state index contributed by atoms with van der Waals surface area (Å²) in [4.78, 5) is 31.6. The van der Waals surface area contributed by atoms with Gasteiger partial charge in [0.15, 0.2) is 15.7 Å². The first-order valence-corrected chi connectivity index (χ1v) is 14.9. The first kappa shape index (κ1) is 25.5. The zero-order valence-corrected chi connectivity index (χ0v) is 23.2. The maximum Gasteiger partial charge on any atom is 0.254 e. The molecule has 2 aromatic heterocycles. The van der Waals surface area contributed by atoms with E-state index in [0.717, 1.165) is 39.8 Å². The number of aromatic amines is 1. The molecule has 39 heavy (non-hydrogen) atoms. The highest BCUT2D eigenvalue weighted by Crippen LogP contribution is 2.44. The molecule has 1 fully saturated rings. The van der Waals surface area contributed by atoms with Gasteiger partial charge in [-0.3, -0.25) is 4.79 Å². The normalized spacial score (nSPS) is 18.9. The summed E-state index contributed by atoms with van der Waals surface area (Å²) in [5, 5.41) is 1.04. The highest BCUT2D eigenvalue weighted by molar-refractivity contribution is 7.90. The van der Waals surface area contributed by atoms with E-state index >= 15 is 0 Å². The van der Waals surface area contributed by atoms with Crippen LogP contribution in [0.15, 0.2) is 59.6 Å². The van der Waals surface area contributed by atoms with E-state index in [0.29, 0.717) is 37.7 Å². The Bertz CT molecular complexity index is 1690. The number of nitrogens with zero attached hydrogens (tertiary/aromatic N) is 4. The highest BCUT2D eigenvalue weighted by atomic mass is 32.2. The molecule has 2 aromatic carbocycles. The molecule has 1 atom stereocenters. The van der Waals surface area contributed by atoms with Crippen LogP contribution in [-0.4, -0.2) is 66.2 Å². The molecule has 0 radical (unpaired) electrons. The van der Waals surface area contributed by atoms with E-state index in [2.05, 4.69) is 22.9 Å². The van der Waals surface area contributed by atoms with Gasteiger partial charge in [0.25, 0.3) is 5.91 Å². The number of ether oxygens (including phenoxy) is 1. The number of carbonyl (C=O) groups excluding carboxylic acids is 1. The van der Waals surface area contributed by atoms with Crippen LogP contribution in [0.2, 0.25) is 0 Å². The van der Waals surface area contributed by atoms with Crippen molar-refractivity contribution in [2.24, 2.45) is 0 Å². The van der Waals surface area contributed by atoms with Crippen molar-refractivity contribution in [2.45, 2.75) is 43.8 Å². The molecule has 6 rings (SSSR count). The first-order chi connectivity index (χ1) is 18.6. The predicted octanol–water partition coefficient (Wildman–Crippen LogP) is 4.14. The van der Waals surface area contributed by atoms with Gasteiger partial charge in [-0.05, 0) is 51.1 Å². The molecule has 4 heterocycles. The number of rotatable bonds is 4. The molecule has 2 aliphatic heterocycles. The number of aromatic nitrogens is 3. The molecular weight excluding hydrogens is 514 g/mol. The number of carbonyl (C=O) groups is 1. The molecule has 0 spiro atoms. The number of benzene rings is 2. The number of hydrogen-bond acceptors (Lipinski definition) is 7. The number of hydrogen-bond donors (Lipinski definition) is 1. The van der Waals surface area contributed by atoms with Crippen molar-refractivity contribution in [1.82, 2.24) is 19.9 Å². The fraction of sp³-hybridized carbons (Fsp3) is 0.345. The number of amides is 1. The number of sulfone groups is 1. The maximum absolute atomic E-state index is 13.8. The van der Waals surface area contributed by atoms with Gasteiger partial charge in [0.1, 0.15) is 5.82 Å². The Morgan fingerprint density at radius 1 is 1.10 bits per heavy atom. The van der Waals surface area contributed by atoms with Gasteiger partial charge >= 0.3 is 0 Å². The van der Waals surface area contributed by atoms with Crippen LogP contribution < -0.4 is 4.90 Å². The van der Waals surface area contributed by atoms with Crippen molar-refractivity contribution in [3.8, 4) is 11.4 Å². The third-order valence-electron chi connectivity index (χ3n) is 7.80. The quantitative estimate of drug-likeness (QED) is 0.411. The third-order valence-corrected chi connectivity index (χ3v) is 8.93. The van der Waals surface area contributed by atoms with Crippen LogP contribution in [0.4, 0.5) is 5.82 Å². The summed E-state index contributed by atoms with van der Waals surface area (Å²) >= 11 is 0. The maximum atomic E-state index is 13.8. The summed E-state index contributed by atoms with van der Waals surface area (Å²) < 4.78 is 29.5. The molecule has 1 saturated heterocycles. The molecule has 202 valence electrons. The van der Waals surface area contributed by atoms with Crippen LogP contribution in [0.5, 0.6) is 0 Å². The molecule has 2 aliphatic rings. The lowest BCUT2D eigenvalue weighted by Crippen LogP contribution is -2.44. The lowest BCUT2D eigenvalue weighted by molar-refractivity contribution is 0.0570. The minimum Gasteiger partial charge on any atom is -0.377 e. The van der Waals surface area contributed by atoms with Crippen molar-refractivity contribution in [3.05, 3.63) is 71.5 Å². The zero-order chi connectivity index (χ0) is 27.5. The average molecular weight is 546 g/mol. The molecule has 10 heteroatoms. The number of morpholine rings is 1. The Kier molecular flexibility index (Phi) is 6.00. The van der Waals surface area contributed by atoms with Gasteiger partial charge in [0.05, 0.1) is 41.9 Å². The predicted molar refractivity (Wildman–Crippen MR) is 149 cm³/mol. The summed E-state index contributed by atoms with van der Waals surface area (Å²) in [7, 11) is -3.36. The molecule has 0 unspecified atom stereocenters. The van der Waals surface area contributed by atoms with Gasteiger partial charge in [-0.1, -0.05) is 18.2 Å². The summed E-state index contributed by atoms with van der Waals surface area (Å²) in [5.74, 6) is 1.25. The van der Waals surface area contributed by atoms with E-state index in [1.54, 1.807) is 17.0 Å². The lowest BCUT2D eigenvalue weighted by atomic mass is 9.98. The zero-order valence-electron chi connectivity index (χ0n) is 22.4. The second-order valence-corrected chi connectivity index (χ2v) is 12.8. The fourth-order valence-electron chi connectivity index (χ4n) is 5.59. The van der Waals surface area contributed by atoms with Crippen molar-refractivity contribution in [3.63, 3.8) is 0 Å². The molecule has 9 nitrogen and oxygen atoms in total. The van der Waals surface area contributed by atoms with Crippen LogP contribution >= 0.6 is 0 Å². The van der Waals surface area contributed by atoms with E-state index in [1.165, 1.54) is 12.1 Å². The van der Waals surface area contributed by atoms with Crippen molar-refractivity contribution >= 4 is 32.5 Å². The topological polar surface area (TPSA) is 108 Å². The van der Waals surface area contributed by atoms with Crippen LogP contribution in [0.25, 0.3) is 22.3 Å². The van der Waals surface area contributed by atoms with Crippen molar-refractivity contribution < 1.29 is 17.9 Å². The highest BCUT2D eigenvalue weighted by Gasteiger charge is 2.45. The second-order valence-electron chi connectivity index (χ2n) is 10.8. The number of anilines is 1. The van der Waals surface area contributed by atoms with Crippen LogP contribution in [0.1, 0.15) is 42.4 Å². The van der Waals surface area contributed by atoms with Crippen LogP contribution in [0.3, 0.4) is 0 Å². The van der Waals surface area contributed by atoms with Gasteiger partial charge in [-0.2, -0.15) is 0 Å². The molecular formula is C29H31N5O4S. The van der Waals surface area contributed by atoms with Gasteiger partial charge in [0.2, 0.25) is 0 Å². The summed E-state index contributed by atoms with van der Waals surface area (Å²) in [6.45, 7) is 8.36. The minimum atomic E-state index is -3.36. The van der Waals surface area contributed by atoms with Gasteiger partial charge < -0.3 is 19.5 Å². The average Bonchev–Trinajstić information content (AvgIpc) is 3.46. The first-order valence-electron chi connectivity index (χ1n) is 13.0. The number of para-hydroxylation sites is 1. The van der Waals surface area contributed by atoms with Crippen molar-refractivity contribution in [1.29, 1.82) is 0 Å². The monoisotopic (exact) mass is 545 g/mol. The minimum absolute atomic E-state index is 0.116. The Morgan fingerprint density at radius 2 is 1.85 bits per heavy atom. The fourth-order valence-corrected chi connectivity index (χ4v) is 6.22. The van der Waals surface area contributed by atoms with Crippen molar-refractivity contribution in [2.75, 3.05) is 30.9 Å². The third kappa shape index (κ3) is 4.28. The summed E-state index contributed by atoms with van der Waals surface area (Å²) in [6, 6.07) is 14.3. The van der Waals surface area contributed by atoms with E-state index in [1.807, 2.05) is 38.2 Å². The Morgan fingerprint density at radius 3 is 2.56 bits per heavy atom. The molecule has 1 amide bonds. The Labute approximate surface area is 227 Å². The second kappa shape index (κ2) is 9.17. The van der Waals surface area contributed by atoms with Crippen LogP contribution in [-0.2, 0) is 26.7 Å². The van der Waals surface area contributed by atoms with Gasteiger partial charge in [-0.15, -0.1) is 0 Å². The van der Waals surface area contributed by atoms with E-state index in [9.17, 15) is 13.2 Å². The number of fused-ring (bicyclic) bond motifs is 2. The number of H-pyrrole nitrogens is 1. The Hall–Kier alpha value is -3.76. The SMILES string of the molecule is C[C@@H]1COCCN1c1nc(-c2c[nH]c3ccccc23)nc2c1CN(C(=O)c1ccc(S(C)(=O)=O)cc1)C2(C)C. The largest absolute Gasteiger partial charge is 0.377 e. The lowest BCUT2D eigenvalue weighted by Gasteiger charge is -2.35. The molecule has 0 saturated carbocycles. The van der Waals surface area contributed by atoms with Gasteiger partial charge in [-0.25, -0.2) is 18.4 Å². The van der Waals surface area contributed by atoms with Crippen LogP contribution in [0, 0.1) is 0 Å². The molecule has 4 aromatic rings. The molecule has 0 aliphatic carbocycles. The van der Waals surface area contributed by atoms with E-state index in [-0.39, 0.29) is 16.8 Å². The summed E-state index contributed by atoms with van der Waals surface area (Å²) in [5.41, 5.74) is 3.36. The molecule has 0 bridgehead atoms. The molecule has 1 N–H and O–H groups in total. The van der Waals surface area contributed by atoms with Gasteiger partial charge in [0, 0.05) is 46.6 Å². The van der Waals surface area contributed by atoms with E-state index in [4.69, 9.17) is 14.7 Å². The number of nitrogens with one attached hydrogen (secondary N) is 1. The summed E-state index contributed by atoms with van der Waals surface area (Å²) in [6.07, 6.45) is 3.09. The van der Waals surface area contributed by atoms with E-state index < -0.39 is 15.4 Å². The smallest absolute Gasteiger partial charge is 0.254 e.